The number of hydrogen-bond acceptors (Lipinski definition) is 2. The predicted molar refractivity (Wildman–Crippen MR) is 80.8 cm³/mol. The molecule has 0 radical (unpaired) electrons. The van der Waals surface area contributed by atoms with Crippen molar-refractivity contribution in [2.45, 2.75) is 65.7 Å². The van der Waals surface area contributed by atoms with Crippen LogP contribution in [0.5, 0.6) is 0 Å². The van der Waals surface area contributed by atoms with Gasteiger partial charge in [-0.05, 0) is 76.0 Å². The first-order valence-corrected chi connectivity index (χ1v) is 8.00. The van der Waals surface area contributed by atoms with Gasteiger partial charge in [-0.3, -0.25) is 0 Å². The lowest BCUT2D eigenvalue weighted by atomic mass is 9.84. The topological polar surface area (TPSA) is 29.3 Å². The third kappa shape index (κ3) is 6.19. The van der Waals surface area contributed by atoms with Crippen LogP contribution in [0, 0.1) is 11.3 Å². The highest BCUT2D eigenvalue weighted by atomic mass is 15.1. The summed E-state index contributed by atoms with van der Waals surface area (Å²) in [5.74, 6) is 0.990. The first-order valence-electron chi connectivity index (χ1n) is 8.00. The molecule has 18 heavy (non-hydrogen) atoms. The van der Waals surface area contributed by atoms with E-state index in [4.69, 9.17) is 5.73 Å². The fourth-order valence-electron chi connectivity index (χ4n) is 3.15. The van der Waals surface area contributed by atoms with Crippen LogP contribution in [0.1, 0.15) is 65.7 Å². The number of likely N-dealkylation sites (tertiary alicyclic amines) is 1. The lowest BCUT2D eigenvalue weighted by molar-refractivity contribution is 0.238. The molecule has 1 saturated heterocycles. The fraction of sp³-hybridized carbons (Fsp3) is 1.00. The predicted octanol–water partition coefficient (Wildman–Crippen LogP) is 3.65. The molecular formula is C16H34N2. The van der Waals surface area contributed by atoms with Crippen LogP contribution >= 0.6 is 0 Å². The van der Waals surface area contributed by atoms with Gasteiger partial charge in [0.25, 0.3) is 0 Å². The average molecular weight is 254 g/mol. The van der Waals surface area contributed by atoms with Crippen molar-refractivity contribution in [2.24, 2.45) is 17.1 Å². The lowest BCUT2D eigenvalue weighted by Gasteiger charge is -2.26. The molecule has 0 aromatic heterocycles. The van der Waals surface area contributed by atoms with Crippen LogP contribution in [0.25, 0.3) is 0 Å². The van der Waals surface area contributed by atoms with Gasteiger partial charge < -0.3 is 10.6 Å². The van der Waals surface area contributed by atoms with Gasteiger partial charge in [0.15, 0.2) is 0 Å². The molecule has 0 amide bonds. The standard InChI is InChI=1S/C16H34N2/c1-4-15-7-5-12-18(14-8-15)13-6-9-16(2,3)10-11-17/h15H,4-14,17H2,1-3H3. The first kappa shape index (κ1) is 16.0. The zero-order chi connectivity index (χ0) is 13.4. The molecule has 1 heterocycles. The summed E-state index contributed by atoms with van der Waals surface area (Å²) in [7, 11) is 0. The van der Waals surface area contributed by atoms with Gasteiger partial charge in [0.1, 0.15) is 0 Å². The summed E-state index contributed by atoms with van der Waals surface area (Å²) in [6.07, 6.45) is 9.46. The molecule has 2 N–H and O–H groups in total. The molecule has 0 spiro atoms. The van der Waals surface area contributed by atoms with Crippen molar-refractivity contribution in [3.8, 4) is 0 Å². The minimum Gasteiger partial charge on any atom is -0.330 e. The quantitative estimate of drug-likeness (QED) is 0.751. The van der Waals surface area contributed by atoms with Crippen molar-refractivity contribution in [1.29, 1.82) is 0 Å². The van der Waals surface area contributed by atoms with Crippen LogP contribution in [0.2, 0.25) is 0 Å². The van der Waals surface area contributed by atoms with E-state index in [1.165, 1.54) is 58.2 Å². The Morgan fingerprint density at radius 1 is 1.17 bits per heavy atom. The second-order valence-corrected chi connectivity index (χ2v) is 6.85. The Morgan fingerprint density at radius 3 is 2.61 bits per heavy atom. The van der Waals surface area contributed by atoms with E-state index in [9.17, 15) is 0 Å². The van der Waals surface area contributed by atoms with Gasteiger partial charge >= 0.3 is 0 Å². The van der Waals surface area contributed by atoms with Crippen LogP contribution < -0.4 is 5.73 Å². The lowest BCUT2D eigenvalue weighted by Crippen LogP contribution is -2.27. The van der Waals surface area contributed by atoms with Gasteiger partial charge in [0.05, 0.1) is 0 Å². The molecule has 0 bridgehead atoms. The smallest absolute Gasteiger partial charge is 0.00161 e. The maximum atomic E-state index is 5.67. The third-order valence-electron chi connectivity index (χ3n) is 4.67. The van der Waals surface area contributed by atoms with Gasteiger partial charge in [-0.25, -0.2) is 0 Å². The summed E-state index contributed by atoms with van der Waals surface area (Å²) < 4.78 is 0. The second kappa shape index (κ2) is 8.16. The molecule has 1 atom stereocenters. The summed E-state index contributed by atoms with van der Waals surface area (Å²) in [4.78, 5) is 2.69. The Morgan fingerprint density at radius 2 is 1.94 bits per heavy atom. The zero-order valence-electron chi connectivity index (χ0n) is 12.9. The van der Waals surface area contributed by atoms with Crippen molar-refractivity contribution in [2.75, 3.05) is 26.2 Å². The average Bonchev–Trinajstić information content (AvgIpc) is 2.54. The van der Waals surface area contributed by atoms with Crippen LogP contribution in [0.4, 0.5) is 0 Å². The Balaban J connectivity index is 2.19. The van der Waals surface area contributed by atoms with Gasteiger partial charge in [-0.15, -0.1) is 0 Å². The van der Waals surface area contributed by atoms with E-state index in [-0.39, 0.29) is 0 Å². The van der Waals surface area contributed by atoms with E-state index in [0.29, 0.717) is 5.41 Å². The fourth-order valence-corrected chi connectivity index (χ4v) is 3.15. The molecule has 1 rings (SSSR count). The Kier molecular flexibility index (Phi) is 7.25. The molecule has 1 unspecified atom stereocenters. The highest BCUT2D eigenvalue weighted by molar-refractivity contribution is 4.72. The SMILES string of the molecule is CCC1CCCN(CCCC(C)(C)CCN)CC1. The summed E-state index contributed by atoms with van der Waals surface area (Å²) >= 11 is 0. The van der Waals surface area contributed by atoms with Gasteiger partial charge in [-0.2, -0.15) is 0 Å². The van der Waals surface area contributed by atoms with Crippen LogP contribution in [0.3, 0.4) is 0 Å². The number of nitrogens with zero attached hydrogens (tertiary/aromatic N) is 1. The normalized spacial score (nSPS) is 23.0. The molecular weight excluding hydrogens is 220 g/mol. The Bertz CT molecular complexity index is 213. The summed E-state index contributed by atoms with van der Waals surface area (Å²) in [5.41, 5.74) is 6.11. The van der Waals surface area contributed by atoms with Gasteiger partial charge in [0, 0.05) is 0 Å². The van der Waals surface area contributed by atoms with Crippen molar-refractivity contribution < 1.29 is 0 Å². The number of nitrogens with two attached hydrogens (primary N) is 1. The van der Waals surface area contributed by atoms with E-state index >= 15 is 0 Å². The molecule has 1 aliphatic rings. The van der Waals surface area contributed by atoms with Crippen molar-refractivity contribution in [1.82, 2.24) is 4.90 Å². The second-order valence-electron chi connectivity index (χ2n) is 6.85. The molecule has 0 aromatic carbocycles. The van der Waals surface area contributed by atoms with E-state index in [1.807, 2.05) is 0 Å². The molecule has 2 nitrogen and oxygen atoms in total. The van der Waals surface area contributed by atoms with Gasteiger partial charge in [0.2, 0.25) is 0 Å². The third-order valence-corrected chi connectivity index (χ3v) is 4.67. The molecule has 0 aliphatic carbocycles. The van der Waals surface area contributed by atoms with Crippen LogP contribution in [0.15, 0.2) is 0 Å². The minimum absolute atomic E-state index is 0.437. The number of hydrogen-bond donors (Lipinski definition) is 1. The summed E-state index contributed by atoms with van der Waals surface area (Å²) in [6, 6.07) is 0. The van der Waals surface area contributed by atoms with Gasteiger partial charge in [-0.1, -0.05) is 27.2 Å². The molecule has 1 aliphatic heterocycles. The van der Waals surface area contributed by atoms with Crippen molar-refractivity contribution in [3.63, 3.8) is 0 Å². The maximum absolute atomic E-state index is 5.67. The zero-order valence-corrected chi connectivity index (χ0v) is 12.9. The summed E-state index contributed by atoms with van der Waals surface area (Å²) in [5, 5.41) is 0. The first-order chi connectivity index (χ1) is 8.57. The Hall–Kier alpha value is -0.0800. The minimum atomic E-state index is 0.437. The monoisotopic (exact) mass is 254 g/mol. The molecule has 2 heteroatoms. The molecule has 108 valence electrons. The highest BCUT2D eigenvalue weighted by Gasteiger charge is 2.18. The highest BCUT2D eigenvalue weighted by Crippen LogP contribution is 2.26. The molecule has 1 fully saturated rings. The summed E-state index contributed by atoms with van der Waals surface area (Å²) in [6.45, 7) is 11.8. The van der Waals surface area contributed by atoms with E-state index in [0.717, 1.165) is 18.9 Å². The van der Waals surface area contributed by atoms with E-state index < -0.39 is 0 Å². The number of rotatable bonds is 7. The maximum Gasteiger partial charge on any atom is -0.00161 e. The van der Waals surface area contributed by atoms with E-state index in [1.54, 1.807) is 0 Å². The molecule has 0 saturated carbocycles. The Labute approximate surface area is 114 Å². The van der Waals surface area contributed by atoms with Crippen molar-refractivity contribution in [3.05, 3.63) is 0 Å². The van der Waals surface area contributed by atoms with Crippen LogP contribution in [-0.2, 0) is 0 Å². The molecule has 0 aromatic rings. The largest absolute Gasteiger partial charge is 0.330 e. The van der Waals surface area contributed by atoms with Crippen molar-refractivity contribution >= 4 is 0 Å². The van der Waals surface area contributed by atoms with E-state index in [2.05, 4.69) is 25.7 Å². The van der Waals surface area contributed by atoms with Crippen LogP contribution in [-0.4, -0.2) is 31.1 Å².